The van der Waals surface area contributed by atoms with Crippen LogP contribution in [0.15, 0.2) is 60.7 Å². The maximum Gasteiger partial charge on any atom is 0.160 e. The van der Waals surface area contributed by atoms with Crippen molar-refractivity contribution < 1.29 is 0 Å². The van der Waals surface area contributed by atoms with Crippen molar-refractivity contribution in [2.24, 2.45) is 0 Å². The Balaban J connectivity index is 2.03. The van der Waals surface area contributed by atoms with Crippen LogP contribution < -0.4 is 0 Å². The molecule has 30 heavy (non-hydrogen) atoms. The van der Waals surface area contributed by atoms with Crippen molar-refractivity contribution in [3.8, 4) is 33.9 Å². The zero-order valence-corrected chi connectivity index (χ0v) is 18.7. The summed E-state index contributed by atoms with van der Waals surface area (Å²) in [5.74, 6) is 0.766. The second-order valence-corrected chi connectivity index (χ2v) is 8.38. The van der Waals surface area contributed by atoms with E-state index in [1.54, 1.807) is 0 Å². The predicted octanol–water partition coefficient (Wildman–Crippen LogP) is 7.33. The van der Waals surface area contributed by atoms with Crippen LogP contribution >= 0.6 is 0 Å². The molecule has 0 spiro atoms. The highest BCUT2D eigenvalue weighted by atomic mass is 14.9. The molecule has 0 aliphatic carbocycles. The molecule has 0 N–H and O–H groups in total. The van der Waals surface area contributed by atoms with Crippen molar-refractivity contribution in [2.45, 2.75) is 41.5 Å². The van der Waals surface area contributed by atoms with E-state index in [-0.39, 0.29) is 0 Å². The van der Waals surface area contributed by atoms with E-state index in [1.807, 2.05) is 18.2 Å². The monoisotopic (exact) mass is 392 g/mol. The summed E-state index contributed by atoms with van der Waals surface area (Å²) in [6.45, 7) is 13.0. The van der Waals surface area contributed by atoms with Gasteiger partial charge in [-0.3, -0.25) is 0 Å². The number of hydrogen-bond acceptors (Lipinski definition) is 2. The first kappa shape index (κ1) is 20.0. The van der Waals surface area contributed by atoms with Gasteiger partial charge in [-0.05, 0) is 69.9 Å². The second kappa shape index (κ2) is 7.87. The zero-order chi connectivity index (χ0) is 21.4. The third kappa shape index (κ3) is 3.78. The molecule has 1 aromatic heterocycles. The lowest BCUT2D eigenvalue weighted by molar-refractivity contribution is 1.16. The Morgan fingerprint density at radius 1 is 0.500 bits per heavy atom. The molecule has 0 fully saturated rings. The first-order valence-electron chi connectivity index (χ1n) is 10.4. The van der Waals surface area contributed by atoms with Gasteiger partial charge in [0, 0.05) is 16.7 Å². The topological polar surface area (TPSA) is 25.8 Å². The number of hydrogen-bond donors (Lipinski definition) is 0. The predicted molar refractivity (Wildman–Crippen MR) is 127 cm³/mol. The van der Waals surface area contributed by atoms with Gasteiger partial charge in [0.2, 0.25) is 0 Å². The fraction of sp³-hybridized carbons (Fsp3) is 0.214. The van der Waals surface area contributed by atoms with E-state index < -0.39 is 0 Å². The van der Waals surface area contributed by atoms with Gasteiger partial charge in [-0.15, -0.1) is 0 Å². The zero-order valence-electron chi connectivity index (χ0n) is 18.7. The summed E-state index contributed by atoms with van der Waals surface area (Å²) in [5.41, 5.74) is 12.9. The minimum absolute atomic E-state index is 0.766. The van der Waals surface area contributed by atoms with Crippen molar-refractivity contribution in [2.75, 3.05) is 0 Å². The molecular formula is C28H28N2. The molecule has 0 atom stereocenters. The van der Waals surface area contributed by atoms with Crippen LogP contribution in [0.2, 0.25) is 0 Å². The number of rotatable bonds is 3. The number of aryl methyl sites for hydroxylation is 6. The van der Waals surface area contributed by atoms with Gasteiger partial charge in [-0.2, -0.15) is 0 Å². The maximum absolute atomic E-state index is 5.02. The molecule has 2 heteroatoms. The lowest BCUT2D eigenvalue weighted by atomic mass is 9.93. The third-order valence-electron chi connectivity index (χ3n) is 5.62. The van der Waals surface area contributed by atoms with Crippen molar-refractivity contribution in [3.63, 3.8) is 0 Å². The van der Waals surface area contributed by atoms with Crippen LogP contribution in [-0.2, 0) is 0 Å². The summed E-state index contributed by atoms with van der Waals surface area (Å²) in [6, 6.07) is 21.3. The average Bonchev–Trinajstić information content (AvgIpc) is 2.67. The number of aromatic nitrogens is 2. The smallest absolute Gasteiger partial charge is 0.160 e. The molecule has 0 saturated carbocycles. The number of nitrogens with zero attached hydrogens (tertiary/aromatic N) is 2. The van der Waals surface area contributed by atoms with E-state index in [2.05, 4.69) is 84.0 Å². The maximum atomic E-state index is 5.02. The lowest BCUT2D eigenvalue weighted by Crippen LogP contribution is -2.00. The van der Waals surface area contributed by atoms with Crippen LogP contribution in [0.25, 0.3) is 33.9 Å². The molecule has 0 amide bonds. The van der Waals surface area contributed by atoms with E-state index in [4.69, 9.17) is 9.97 Å². The Kier molecular flexibility index (Phi) is 5.26. The SMILES string of the molecule is Cc1cc(C)c(-c2cc(-c3c(C)cc(C)cc3C)nc(-c3ccccc3)n2)c(C)c1. The second-order valence-electron chi connectivity index (χ2n) is 8.38. The summed E-state index contributed by atoms with van der Waals surface area (Å²) >= 11 is 0. The lowest BCUT2D eigenvalue weighted by Gasteiger charge is -2.16. The molecule has 0 radical (unpaired) electrons. The standard InChI is InChI=1S/C28H28N2/c1-17-12-19(3)26(20(4)13-17)24-16-25(27-21(5)14-18(2)15-22(27)6)30-28(29-24)23-10-8-7-9-11-23/h7-16H,1-6H3. The molecule has 150 valence electrons. The molecule has 0 aliphatic heterocycles. The highest BCUT2D eigenvalue weighted by Crippen LogP contribution is 2.34. The average molecular weight is 393 g/mol. The van der Waals surface area contributed by atoms with E-state index in [1.165, 1.54) is 44.5 Å². The molecule has 0 aliphatic rings. The van der Waals surface area contributed by atoms with Gasteiger partial charge >= 0.3 is 0 Å². The van der Waals surface area contributed by atoms with Gasteiger partial charge in [-0.1, -0.05) is 65.7 Å². The quantitative estimate of drug-likeness (QED) is 0.365. The highest BCUT2D eigenvalue weighted by molar-refractivity contribution is 5.77. The van der Waals surface area contributed by atoms with Gasteiger partial charge in [0.25, 0.3) is 0 Å². The van der Waals surface area contributed by atoms with Crippen LogP contribution in [-0.4, -0.2) is 9.97 Å². The molecule has 0 unspecified atom stereocenters. The van der Waals surface area contributed by atoms with E-state index in [0.717, 1.165) is 22.8 Å². The minimum Gasteiger partial charge on any atom is -0.228 e. The number of benzene rings is 3. The summed E-state index contributed by atoms with van der Waals surface area (Å²) in [7, 11) is 0. The Labute approximate surface area is 179 Å². The van der Waals surface area contributed by atoms with Crippen LogP contribution in [0.5, 0.6) is 0 Å². The first-order valence-corrected chi connectivity index (χ1v) is 10.4. The molecule has 2 nitrogen and oxygen atoms in total. The van der Waals surface area contributed by atoms with Crippen molar-refractivity contribution >= 4 is 0 Å². The summed E-state index contributed by atoms with van der Waals surface area (Å²) in [5, 5.41) is 0. The van der Waals surface area contributed by atoms with Crippen LogP contribution in [0.3, 0.4) is 0 Å². The Morgan fingerprint density at radius 2 is 0.900 bits per heavy atom. The van der Waals surface area contributed by atoms with E-state index >= 15 is 0 Å². The van der Waals surface area contributed by atoms with Crippen LogP contribution in [0.4, 0.5) is 0 Å². The molecular weight excluding hydrogens is 364 g/mol. The Bertz CT molecular complexity index is 1120. The van der Waals surface area contributed by atoms with Gasteiger partial charge in [-0.25, -0.2) is 9.97 Å². The fourth-order valence-corrected chi connectivity index (χ4v) is 4.59. The van der Waals surface area contributed by atoms with Gasteiger partial charge < -0.3 is 0 Å². The van der Waals surface area contributed by atoms with Crippen LogP contribution in [0, 0.1) is 41.5 Å². The third-order valence-corrected chi connectivity index (χ3v) is 5.62. The van der Waals surface area contributed by atoms with E-state index in [9.17, 15) is 0 Å². The highest BCUT2D eigenvalue weighted by Gasteiger charge is 2.16. The summed E-state index contributed by atoms with van der Waals surface area (Å²) in [6.07, 6.45) is 0. The van der Waals surface area contributed by atoms with Gasteiger partial charge in [0.1, 0.15) is 0 Å². The van der Waals surface area contributed by atoms with Gasteiger partial charge in [0.05, 0.1) is 11.4 Å². The molecule has 4 rings (SSSR count). The van der Waals surface area contributed by atoms with Crippen molar-refractivity contribution in [1.82, 2.24) is 9.97 Å². The summed E-state index contributed by atoms with van der Waals surface area (Å²) < 4.78 is 0. The van der Waals surface area contributed by atoms with Crippen molar-refractivity contribution in [3.05, 3.63) is 94.0 Å². The van der Waals surface area contributed by atoms with Gasteiger partial charge in [0.15, 0.2) is 5.82 Å². The molecule has 4 aromatic rings. The van der Waals surface area contributed by atoms with E-state index in [0.29, 0.717) is 0 Å². The fourth-order valence-electron chi connectivity index (χ4n) is 4.59. The molecule has 3 aromatic carbocycles. The largest absolute Gasteiger partial charge is 0.228 e. The van der Waals surface area contributed by atoms with Crippen LogP contribution in [0.1, 0.15) is 33.4 Å². The van der Waals surface area contributed by atoms with Crippen molar-refractivity contribution in [1.29, 1.82) is 0 Å². The Morgan fingerprint density at radius 3 is 1.30 bits per heavy atom. The summed E-state index contributed by atoms with van der Waals surface area (Å²) in [4.78, 5) is 10.0. The molecule has 0 bridgehead atoms. The Hall–Kier alpha value is -3.26. The molecule has 0 saturated heterocycles. The molecule has 1 heterocycles. The minimum atomic E-state index is 0.766. The normalized spacial score (nSPS) is 11.0. The first-order chi connectivity index (χ1) is 14.3.